The highest BCUT2D eigenvalue weighted by Crippen LogP contribution is 2.31. The number of carboxylic acids is 1. The Morgan fingerprint density at radius 3 is 1.37 bits per heavy atom. The number of ether oxygens (including phenoxy) is 13. The van der Waals surface area contributed by atoms with Gasteiger partial charge in [0.25, 0.3) is 0 Å². The third-order valence-electron chi connectivity index (χ3n) is 22.0. The summed E-state index contributed by atoms with van der Waals surface area (Å²) in [6.07, 6.45) is 1.16. The normalized spacial score (nSPS) is 16.3. The van der Waals surface area contributed by atoms with Crippen LogP contribution in [0.2, 0.25) is 0 Å². The van der Waals surface area contributed by atoms with Crippen LogP contribution >= 0.6 is 12.6 Å². The number of ketones is 1. The molecule has 0 bridgehead atoms. The molecule has 18 atom stereocenters. The van der Waals surface area contributed by atoms with Gasteiger partial charge in [0.1, 0.15) is 31.9 Å². The molecule has 1 heterocycles. The van der Waals surface area contributed by atoms with E-state index < -0.39 is 121 Å². The van der Waals surface area contributed by atoms with E-state index in [1.54, 1.807) is 30.7 Å². The van der Waals surface area contributed by atoms with Crippen molar-refractivity contribution in [3.63, 3.8) is 0 Å². The lowest BCUT2D eigenvalue weighted by molar-refractivity contribution is -0.194. The highest BCUT2D eigenvalue weighted by molar-refractivity contribution is 7.80. The van der Waals surface area contributed by atoms with Crippen LogP contribution < -0.4 is 26.6 Å². The number of aliphatic hydroxyl groups is 5. The van der Waals surface area contributed by atoms with Crippen LogP contribution in [0.3, 0.4) is 0 Å². The van der Waals surface area contributed by atoms with Gasteiger partial charge in [-0.25, -0.2) is 0 Å². The van der Waals surface area contributed by atoms with Crippen LogP contribution in [0.5, 0.6) is 0 Å². The van der Waals surface area contributed by atoms with Gasteiger partial charge >= 0.3 is 23.9 Å². The average Bonchev–Trinajstić information content (AvgIpc) is 1.46. The predicted octanol–water partition coefficient (Wildman–Crippen LogP) is 4.98. The maximum absolute atomic E-state index is 14.5. The molecule has 132 heavy (non-hydrogen) atoms. The molecule has 2 rings (SSSR count). The molecule has 9 unspecified atom stereocenters. The van der Waals surface area contributed by atoms with Crippen molar-refractivity contribution < 1.29 is 150 Å². The van der Waals surface area contributed by atoms with Gasteiger partial charge in [-0.3, -0.25) is 62.4 Å². The van der Waals surface area contributed by atoms with Crippen molar-refractivity contribution in [3.05, 3.63) is 35.9 Å². The van der Waals surface area contributed by atoms with E-state index in [0.717, 1.165) is 5.56 Å². The zero-order valence-electron chi connectivity index (χ0n) is 82.4. The van der Waals surface area contributed by atoms with Gasteiger partial charge in [-0.2, -0.15) is 12.6 Å². The van der Waals surface area contributed by atoms with Crippen LogP contribution in [-0.4, -0.2) is 356 Å². The molecule has 1 aromatic rings. The molecule has 11 N–H and O–H groups in total. The molecule has 1 aliphatic heterocycles. The van der Waals surface area contributed by atoms with Crippen LogP contribution in [0.1, 0.15) is 217 Å². The molecule has 0 aromatic heterocycles. The number of carbonyl (C=O) groups is 12. The number of methoxy groups -OCH3 is 6. The number of nitrogens with one attached hydrogen (secondary N) is 5. The summed E-state index contributed by atoms with van der Waals surface area (Å²) in [6, 6.07) is 5.35. The number of hydrogen-bond acceptors (Lipinski definition) is 32. The van der Waals surface area contributed by atoms with E-state index in [4.69, 9.17) is 87.1 Å². The number of benzene rings is 1. The quantitative estimate of drug-likeness (QED) is 0.0134. The number of likely N-dealkylation sites (tertiary alicyclic amines) is 1. The van der Waals surface area contributed by atoms with E-state index in [1.807, 2.05) is 119 Å². The number of esters is 3. The minimum Gasteiger partial charge on any atom is -0.481 e. The van der Waals surface area contributed by atoms with Gasteiger partial charge in [-0.15, -0.1) is 0 Å². The van der Waals surface area contributed by atoms with Crippen molar-refractivity contribution in [2.45, 2.75) is 316 Å². The van der Waals surface area contributed by atoms with Gasteiger partial charge in [0.15, 0.2) is 30.9 Å². The fourth-order valence-corrected chi connectivity index (χ4v) is 14.0. The van der Waals surface area contributed by atoms with Crippen LogP contribution in [-0.2, 0) is 126 Å². The first-order valence-electron chi connectivity index (χ1n) is 46.1. The zero-order valence-corrected chi connectivity index (χ0v) is 83.3. The Morgan fingerprint density at radius 2 is 0.970 bits per heavy atom. The van der Waals surface area contributed by atoms with Crippen LogP contribution in [0.15, 0.2) is 30.3 Å². The number of aliphatic carboxylic acids is 1. The standard InChI is InChI=1S/C59H101N7O14.C14H27NO6S.C12H22O7.C7H16O4/c1-16-39(7)54(65(12)59(75)52(37(3)4)63-58(74)53(38(5)6)64(10)11)47(76-13)34-49(70)66-32-24-27-45(66)55(78-15)40(8)56(72)62-44(33-42-25-19-18-20-26-42)57(73)60-31-22-21-28-46(68)41(9)61-48(69)29-23-30-50(71)79-36-51(77-14)80-43(17-2)35-67;1-3-11(9-16)21-14(19-2)10-20-13(18)6-4-5-12(17)15-7-8-22;1-3-9(7-13)19-12(17-2)8-18-11(16)6-4-5-10(14)15;1-3-6(4-8)11-7(5-9)10-2/h18-20,25-26,37-41,43-45,47,51-55,67H,16-17,21-24,27-36H2,1-15H3,(H,60,73)(H,61,69)(H,62,72)(H,63,74);11,14,16,22H,3-10H2,1-2H3,(H,15,17);9,12-13H,3-8H2,1-2H3,(H,14,15);6-9H,3-5H2,1-2H3/t39-,40+,41?,43?,44-,45-,47+,51?,52-,53-,54-,55+;;;/m0.../s1. The second-order valence-corrected chi connectivity index (χ2v) is 33.5. The highest BCUT2D eigenvalue weighted by Gasteiger charge is 2.44. The Labute approximate surface area is 788 Å². The van der Waals surface area contributed by atoms with Gasteiger partial charge in [0.2, 0.25) is 41.4 Å². The molecule has 39 nitrogen and oxygen atoms in total. The number of carbonyl (C=O) groups excluding carboxylic acids is 11. The molecule has 1 aromatic carbocycles. The van der Waals surface area contributed by atoms with Crippen LogP contribution in [0, 0.1) is 23.7 Å². The zero-order chi connectivity index (χ0) is 100. The number of likely N-dealkylation sites (N-methyl/N-ethyl adjacent to an activating group) is 2. The Morgan fingerprint density at radius 1 is 0.500 bits per heavy atom. The van der Waals surface area contributed by atoms with Crippen molar-refractivity contribution in [1.82, 2.24) is 41.3 Å². The fourth-order valence-electron chi connectivity index (χ4n) is 13.9. The molecule has 0 radical (unpaired) electrons. The van der Waals surface area contributed by atoms with E-state index in [9.17, 15) is 62.6 Å². The smallest absolute Gasteiger partial charge is 0.305 e. The molecule has 7 amide bonds. The van der Waals surface area contributed by atoms with Crippen molar-refractivity contribution in [2.24, 2.45) is 23.7 Å². The van der Waals surface area contributed by atoms with Crippen LogP contribution in [0.25, 0.3) is 0 Å². The lowest BCUT2D eigenvalue weighted by atomic mass is 9.89. The Hall–Kier alpha value is -7.23. The van der Waals surface area contributed by atoms with Crippen molar-refractivity contribution in [2.75, 3.05) is 142 Å². The molecule has 0 aliphatic carbocycles. The summed E-state index contributed by atoms with van der Waals surface area (Å²) >= 11 is 3.98. The third-order valence-corrected chi connectivity index (χ3v) is 22.2. The number of hydrogen-bond donors (Lipinski definition) is 12. The maximum atomic E-state index is 14.5. The Balaban J connectivity index is 0. The number of aliphatic hydroxyl groups excluding tert-OH is 5. The second kappa shape index (κ2) is 75.9. The number of unbranched alkanes of at least 4 members (excludes halogenated alkanes) is 1. The van der Waals surface area contributed by atoms with Gasteiger partial charge in [-0.1, -0.05) is 113 Å². The van der Waals surface area contributed by atoms with Crippen molar-refractivity contribution >= 4 is 83.6 Å². The number of amides is 7. The van der Waals surface area contributed by atoms with Gasteiger partial charge in [0, 0.05) is 126 Å². The number of carboxylic acid groups (broad SMARTS) is 1. The third kappa shape index (κ3) is 53.9. The minimum atomic E-state index is -0.959. The summed E-state index contributed by atoms with van der Waals surface area (Å²) in [4.78, 5) is 158. The Kier molecular flexibility index (Phi) is 72.9. The van der Waals surface area contributed by atoms with E-state index in [1.165, 1.54) is 42.7 Å². The maximum Gasteiger partial charge on any atom is 0.305 e. The molecular weight excluding hydrogens is 1750 g/mol. The molecule has 0 saturated carbocycles. The highest BCUT2D eigenvalue weighted by atomic mass is 32.1. The fraction of sp³-hybridized carbons (Fsp3) is 0.804. The van der Waals surface area contributed by atoms with E-state index >= 15 is 0 Å². The molecular formula is C92H166N8O31S. The predicted molar refractivity (Wildman–Crippen MR) is 495 cm³/mol. The molecule has 766 valence electrons. The van der Waals surface area contributed by atoms with E-state index in [2.05, 4.69) is 39.2 Å². The molecule has 40 heteroatoms. The summed E-state index contributed by atoms with van der Waals surface area (Å²) < 4.78 is 68.6. The number of nitrogens with zero attached hydrogens (tertiary/aromatic N) is 3. The largest absolute Gasteiger partial charge is 0.481 e. The SMILES string of the molecule is CCC(CO)OC(CO)OC.CCC(CO)OC(COC(=O)CCCC(=O)NC(C)C(=O)CCCCNC(=O)[C@H](Cc1ccccc1)NC(=O)[C@H](C)[C@@H](OC)[C@@H]1CCCN1C(=O)C[C@@H](OC)[C@H]([C@@H](C)CC)N(C)C(=O)[C@@H](NC(=O)[C@H](C(C)C)N(C)C)C(C)C)OC.CCC(CO)OC(COC(=O)CCCC(=O)NCCS)OC.CCC(CO)OC(COC(=O)CCCC(=O)O)OC. The second-order valence-electron chi connectivity index (χ2n) is 33.0. The summed E-state index contributed by atoms with van der Waals surface area (Å²) in [7, 11) is 14.1. The summed E-state index contributed by atoms with van der Waals surface area (Å²) in [5, 5.41) is 67.4. The van der Waals surface area contributed by atoms with E-state index in [0.29, 0.717) is 83.1 Å². The number of rotatable bonds is 69. The molecule has 1 aliphatic rings. The van der Waals surface area contributed by atoms with E-state index in [-0.39, 0.29) is 201 Å². The van der Waals surface area contributed by atoms with Gasteiger partial charge < -0.3 is 129 Å². The summed E-state index contributed by atoms with van der Waals surface area (Å²) in [5.74, 6) is -5.11. The first-order valence-corrected chi connectivity index (χ1v) is 46.8. The Bertz CT molecular complexity index is 3290. The monoisotopic (exact) mass is 1910 g/mol. The number of thiol groups is 1. The summed E-state index contributed by atoms with van der Waals surface area (Å²) in [5.41, 5.74) is 0.827. The molecule has 0 spiro atoms. The number of Topliss-reactive ketones (excluding diaryl/α,β-unsaturated/α-hetero) is 1. The van der Waals surface area contributed by atoms with Crippen molar-refractivity contribution in [1.29, 1.82) is 0 Å². The van der Waals surface area contributed by atoms with Gasteiger partial charge in [0.05, 0.1) is 106 Å². The summed E-state index contributed by atoms with van der Waals surface area (Å²) in [6.45, 7) is 22.7. The molecule has 1 saturated heterocycles. The minimum absolute atomic E-state index is 0.00839. The molecule has 1 fully saturated rings. The van der Waals surface area contributed by atoms with Crippen LogP contribution in [0.4, 0.5) is 0 Å². The topological polar surface area (TPSA) is 516 Å². The van der Waals surface area contributed by atoms with Crippen molar-refractivity contribution in [3.8, 4) is 0 Å². The first-order chi connectivity index (χ1) is 62.8. The average molecular weight is 1910 g/mol. The van der Waals surface area contributed by atoms with Gasteiger partial charge in [-0.05, 0) is 115 Å². The first kappa shape index (κ1) is 127. The lowest BCUT2D eigenvalue weighted by Gasteiger charge is -2.41. The lowest BCUT2D eigenvalue weighted by Crippen LogP contribution is -2.59.